The molecular weight excluding hydrogens is 416 g/mol. The molecule has 0 aromatic heterocycles. The Morgan fingerprint density at radius 1 is 1.00 bits per heavy atom. The lowest BCUT2D eigenvalue weighted by atomic mass is 10.2. The lowest BCUT2D eigenvalue weighted by molar-refractivity contribution is -0.292. The van der Waals surface area contributed by atoms with Crippen LogP contribution in [0.3, 0.4) is 0 Å². The highest BCUT2D eigenvalue weighted by atomic mass is 32.2. The molecule has 13 heteroatoms. The molecule has 0 unspecified atom stereocenters. The lowest BCUT2D eigenvalue weighted by Crippen LogP contribution is -2.17. The smallest absolute Gasteiger partial charge is 0.253 e. The fourth-order valence-electron chi connectivity index (χ4n) is 1.47. The molecule has 0 spiro atoms. The topological polar surface area (TPSA) is 97.4 Å². The highest BCUT2D eigenvalue weighted by Gasteiger charge is 2.39. The normalized spacial score (nSPS) is 13.5. The van der Waals surface area contributed by atoms with Gasteiger partial charge in [-0.1, -0.05) is 12.1 Å². The van der Waals surface area contributed by atoms with Gasteiger partial charge in [-0.25, -0.2) is 9.78 Å². The second kappa shape index (κ2) is 9.46. The van der Waals surface area contributed by atoms with Crippen molar-refractivity contribution in [1.82, 2.24) is 0 Å². The van der Waals surface area contributed by atoms with Crippen molar-refractivity contribution in [1.29, 1.82) is 0 Å². The molecule has 0 amide bonds. The molecule has 0 saturated heterocycles. The predicted molar refractivity (Wildman–Crippen MR) is 86.8 cm³/mol. The maximum absolute atomic E-state index is 13.0. The summed E-state index contributed by atoms with van der Waals surface area (Å²) in [7, 11) is -9.37. The Hall–Kier alpha value is -1.01. The van der Waals surface area contributed by atoms with Crippen molar-refractivity contribution in [3.8, 4) is 0 Å². The Labute approximate surface area is 155 Å². The second-order valence-electron chi connectivity index (χ2n) is 5.74. The van der Waals surface area contributed by atoms with Crippen LogP contribution in [0.5, 0.6) is 0 Å². The standard InChI is InChI=1S/C14H20F3O8PS/c1-10(2)22-24-26(18,25-23-11(3)4)9-21-27(19,20)13-8-6-5-7-12(13)14(15,16)17/h5-8,10-11H,9H2,1-4H3. The van der Waals surface area contributed by atoms with E-state index in [0.29, 0.717) is 12.1 Å². The van der Waals surface area contributed by atoms with Gasteiger partial charge in [-0.05, 0) is 39.8 Å². The molecule has 0 saturated carbocycles. The molecule has 27 heavy (non-hydrogen) atoms. The van der Waals surface area contributed by atoms with Gasteiger partial charge < -0.3 is 0 Å². The molecule has 0 radical (unpaired) electrons. The fourth-order valence-corrected chi connectivity index (χ4v) is 4.09. The average molecular weight is 436 g/mol. The molecule has 0 heterocycles. The summed E-state index contributed by atoms with van der Waals surface area (Å²) in [4.78, 5) is 8.19. The Balaban J connectivity index is 3.04. The summed E-state index contributed by atoms with van der Waals surface area (Å²) in [5, 5.41) is 0. The number of alkyl halides is 3. The van der Waals surface area contributed by atoms with E-state index in [2.05, 4.69) is 23.3 Å². The first kappa shape index (κ1) is 24.0. The van der Waals surface area contributed by atoms with Crippen molar-refractivity contribution in [2.75, 3.05) is 6.35 Å². The van der Waals surface area contributed by atoms with E-state index in [4.69, 9.17) is 0 Å². The summed E-state index contributed by atoms with van der Waals surface area (Å²) < 4.78 is 89.5. The maximum atomic E-state index is 13.0. The number of halogens is 3. The Bertz CT molecular complexity index is 748. The molecule has 0 atom stereocenters. The zero-order chi connectivity index (χ0) is 20.9. The molecule has 156 valence electrons. The van der Waals surface area contributed by atoms with Crippen LogP contribution in [0.1, 0.15) is 33.3 Å². The molecule has 0 N–H and O–H groups in total. The van der Waals surface area contributed by atoms with Gasteiger partial charge in [0, 0.05) is 0 Å². The van der Waals surface area contributed by atoms with Gasteiger partial charge in [0.1, 0.15) is 4.90 Å². The van der Waals surface area contributed by atoms with Gasteiger partial charge in [0.2, 0.25) is 0 Å². The molecule has 1 rings (SSSR count). The van der Waals surface area contributed by atoms with E-state index >= 15 is 0 Å². The van der Waals surface area contributed by atoms with Gasteiger partial charge in [-0.15, -0.1) is 9.35 Å². The van der Waals surface area contributed by atoms with Gasteiger partial charge in [0.05, 0.1) is 17.8 Å². The highest BCUT2D eigenvalue weighted by molar-refractivity contribution is 7.87. The van der Waals surface area contributed by atoms with E-state index in [-0.39, 0.29) is 0 Å². The SMILES string of the molecule is CC(C)OOP(=O)(COS(=O)(=O)c1ccccc1C(F)(F)F)OOC(C)C. The van der Waals surface area contributed by atoms with E-state index < -0.39 is 52.9 Å². The van der Waals surface area contributed by atoms with E-state index in [9.17, 15) is 26.2 Å². The first-order valence-corrected chi connectivity index (χ1v) is 10.8. The fraction of sp³-hybridized carbons (Fsp3) is 0.571. The molecule has 8 nitrogen and oxygen atoms in total. The summed E-state index contributed by atoms with van der Waals surface area (Å²) in [6.07, 6.45) is -7.36. The second-order valence-corrected chi connectivity index (χ2v) is 9.11. The molecule has 0 aliphatic heterocycles. The molecule has 0 aliphatic rings. The van der Waals surface area contributed by atoms with Crippen LogP contribution in [0, 0.1) is 0 Å². The first-order chi connectivity index (χ1) is 12.3. The third-order valence-corrected chi connectivity index (χ3v) is 5.10. The summed E-state index contributed by atoms with van der Waals surface area (Å²) >= 11 is 0. The number of rotatable bonds is 10. The molecule has 1 aromatic rings. The number of hydrogen-bond acceptors (Lipinski definition) is 8. The van der Waals surface area contributed by atoms with Gasteiger partial charge in [0.15, 0.2) is 6.35 Å². The molecule has 0 fully saturated rings. The minimum absolute atomic E-state index is 0.576. The van der Waals surface area contributed by atoms with Crippen LogP contribution in [0.15, 0.2) is 29.2 Å². The molecule has 0 bridgehead atoms. The van der Waals surface area contributed by atoms with E-state index in [1.54, 1.807) is 0 Å². The highest BCUT2D eigenvalue weighted by Crippen LogP contribution is 2.50. The minimum atomic E-state index is -4.95. The quantitative estimate of drug-likeness (QED) is 0.232. The van der Waals surface area contributed by atoms with Crippen LogP contribution >= 0.6 is 7.60 Å². The maximum Gasteiger partial charge on any atom is 0.417 e. The van der Waals surface area contributed by atoms with Gasteiger partial charge in [-0.3, -0.25) is 8.75 Å². The third kappa shape index (κ3) is 7.86. The van der Waals surface area contributed by atoms with Gasteiger partial charge in [-0.2, -0.15) is 21.6 Å². The lowest BCUT2D eigenvalue weighted by Gasteiger charge is -2.19. The first-order valence-electron chi connectivity index (χ1n) is 7.62. The number of hydrogen-bond donors (Lipinski definition) is 0. The average Bonchev–Trinajstić information content (AvgIpc) is 2.56. The van der Waals surface area contributed by atoms with E-state index in [0.717, 1.165) is 12.1 Å². The summed E-state index contributed by atoms with van der Waals surface area (Å²) in [5.41, 5.74) is -1.43. The molecule has 1 aromatic carbocycles. The Morgan fingerprint density at radius 2 is 1.48 bits per heavy atom. The summed E-state index contributed by atoms with van der Waals surface area (Å²) in [6, 6.07) is 3.39. The van der Waals surface area contributed by atoms with Crippen molar-refractivity contribution in [3.05, 3.63) is 29.8 Å². The van der Waals surface area contributed by atoms with E-state index in [1.807, 2.05) is 0 Å². The van der Waals surface area contributed by atoms with Crippen LogP contribution in [0.2, 0.25) is 0 Å². The predicted octanol–water partition coefficient (Wildman–Crippen LogP) is 4.27. The summed E-state index contributed by atoms with van der Waals surface area (Å²) in [6.45, 7) is 6.07. The Kier molecular flexibility index (Phi) is 8.42. The third-order valence-electron chi connectivity index (χ3n) is 2.53. The number of benzene rings is 1. The van der Waals surface area contributed by atoms with Crippen LogP contribution in [-0.4, -0.2) is 27.0 Å². The molecule has 0 aliphatic carbocycles. The van der Waals surface area contributed by atoms with Gasteiger partial charge >= 0.3 is 13.8 Å². The van der Waals surface area contributed by atoms with Crippen LogP contribution < -0.4 is 0 Å². The Morgan fingerprint density at radius 3 is 1.93 bits per heavy atom. The van der Waals surface area contributed by atoms with Gasteiger partial charge in [0.25, 0.3) is 10.1 Å². The van der Waals surface area contributed by atoms with Crippen LogP contribution in [0.4, 0.5) is 13.2 Å². The van der Waals surface area contributed by atoms with Crippen LogP contribution in [0.25, 0.3) is 0 Å². The van der Waals surface area contributed by atoms with E-state index in [1.165, 1.54) is 27.7 Å². The van der Waals surface area contributed by atoms with Crippen molar-refractivity contribution in [2.24, 2.45) is 0 Å². The summed E-state index contributed by atoms with van der Waals surface area (Å²) in [5.74, 6) is 0. The minimum Gasteiger partial charge on any atom is -0.253 e. The van der Waals surface area contributed by atoms with Crippen LogP contribution in [-0.2, 0) is 44.2 Å². The molecular formula is C14H20F3O8PS. The largest absolute Gasteiger partial charge is 0.417 e. The monoisotopic (exact) mass is 436 g/mol. The van der Waals surface area contributed by atoms with Crippen molar-refractivity contribution in [2.45, 2.75) is 51.0 Å². The zero-order valence-electron chi connectivity index (χ0n) is 14.9. The van der Waals surface area contributed by atoms with Crippen molar-refractivity contribution in [3.63, 3.8) is 0 Å². The zero-order valence-corrected chi connectivity index (χ0v) is 16.6. The van der Waals surface area contributed by atoms with Crippen molar-refractivity contribution < 1.29 is 49.5 Å². The van der Waals surface area contributed by atoms with Crippen molar-refractivity contribution >= 4 is 17.7 Å².